The summed E-state index contributed by atoms with van der Waals surface area (Å²) in [5.74, 6) is 2.40. The van der Waals surface area contributed by atoms with Crippen molar-refractivity contribution in [2.24, 2.45) is 5.92 Å². The van der Waals surface area contributed by atoms with E-state index in [1.807, 2.05) is 31.3 Å². The van der Waals surface area contributed by atoms with E-state index in [0.29, 0.717) is 0 Å². The molecule has 5 heteroatoms. The van der Waals surface area contributed by atoms with Gasteiger partial charge in [0, 0.05) is 33.4 Å². The zero-order valence-electron chi connectivity index (χ0n) is 12.3. The Labute approximate surface area is 116 Å². The monoisotopic (exact) mass is 263 g/mol. The lowest BCUT2D eigenvalue weighted by molar-refractivity contribution is 0.327. The van der Waals surface area contributed by atoms with E-state index in [-0.39, 0.29) is 0 Å². The molecule has 0 aromatic carbocycles. The normalized spacial score (nSPS) is 19.6. The maximum atomic E-state index is 4.48. The largest absolute Gasteiger partial charge is 0.363 e. The highest BCUT2D eigenvalue weighted by Crippen LogP contribution is 2.17. The van der Waals surface area contributed by atoms with Crippen LogP contribution in [0, 0.1) is 5.92 Å². The molecule has 1 aliphatic heterocycles. The van der Waals surface area contributed by atoms with Gasteiger partial charge in [0.2, 0.25) is 5.95 Å². The molecule has 2 rings (SSSR count). The van der Waals surface area contributed by atoms with E-state index >= 15 is 0 Å². The summed E-state index contributed by atoms with van der Waals surface area (Å²) in [6.45, 7) is 6.87. The number of nitrogens with zero attached hydrogens (tertiary/aromatic N) is 4. The van der Waals surface area contributed by atoms with Crippen LogP contribution in [-0.4, -0.2) is 55.1 Å². The van der Waals surface area contributed by atoms with E-state index in [1.54, 1.807) is 0 Å². The van der Waals surface area contributed by atoms with Crippen LogP contribution >= 0.6 is 0 Å². The van der Waals surface area contributed by atoms with Gasteiger partial charge in [0.25, 0.3) is 0 Å². The van der Waals surface area contributed by atoms with Crippen LogP contribution < -0.4 is 10.2 Å². The molecule has 0 amide bonds. The average molecular weight is 263 g/mol. The summed E-state index contributed by atoms with van der Waals surface area (Å²) in [5, 5.41) is 3.37. The lowest BCUT2D eigenvalue weighted by atomic mass is 10.1. The van der Waals surface area contributed by atoms with Gasteiger partial charge in [-0.3, -0.25) is 0 Å². The fourth-order valence-electron chi connectivity index (χ4n) is 2.52. The van der Waals surface area contributed by atoms with Crippen molar-refractivity contribution >= 4 is 11.8 Å². The van der Waals surface area contributed by atoms with Crippen LogP contribution in [0.2, 0.25) is 0 Å². The fraction of sp³-hybridized carbons (Fsp3) is 0.714. The van der Waals surface area contributed by atoms with Gasteiger partial charge in [-0.05, 0) is 37.9 Å². The molecule has 2 heterocycles. The topological polar surface area (TPSA) is 44.3 Å². The van der Waals surface area contributed by atoms with Gasteiger partial charge >= 0.3 is 0 Å². The molecule has 1 aromatic heterocycles. The zero-order chi connectivity index (χ0) is 13.7. The van der Waals surface area contributed by atoms with E-state index in [4.69, 9.17) is 0 Å². The van der Waals surface area contributed by atoms with Gasteiger partial charge in [-0.2, -0.15) is 4.98 Å². The Kier molecular flexibility index (Phi) is 4.96. The van der Waals surface area contributed by atoms with Gasteiger partial charge in [0.15, 0.2) is 0 Å². The molecule has 1 atom stereocenters. The highest BCUT2D eigenvalue weighted by Gasteiger charge is 2.21. The molecule has 0 saturated carbocycles. The second kappa shape index (κ2) is 6.70. The summed E-state index contributed by atoms with van der Waals surface area (Å²) < 4.78 is 0. The molecule has 19 heavy (non-hydrogen) atoms. The Hall–Kier alpha value is -1.36. The molecule has 0 unspecified atom stereocenters. The van der Waals surface area contributed by atoms with Crippen molar-refractivity contribution in [3.8, 4) is 0 Å². The van der Waals surface area contributed by atoms with Crippen molar-refractivity contribution in [1.29, 1.82) is 0 Å². The van der Waals surface area contributed by atoms with Crippen molar-refractivity contribution in [3.05, 3.63) is 12.3 Å². The summed E-state index contributed by atoms with van der Waals surface area (Å²) in [6, 6.07) is 1.92. The average Bonchev–Trinajstić information content (AvgIpc) is 2.85. The van der Waals surface area contributed by atoms with Gasteiger partial charge in [0.05, 0.1) is 0 Å². The Morgan fingerprint density at radius 3 is 3.05 bits per heavy atom. The minimum atomic E-state index is 0.721. The third kappa shape index (κ3) is 4.06. The van der Waals surface area contributed by atoms with Gasteiger partial charge < -0.3 is 15.1 Å². The number of hydrogen-bond donors (Lipinski definition) is 1. The van der Waals surface area contributed by atoms with E-state index in [2.05, 4.69) is 27.1 Å². The molecule has 0 aliphatic carbocycles. The molecule has 1 saturated heterocycles. The minimum absolute atomic E-state index is 0.721. The van der Waals surface area contributed by atoms with E-state index < -0.39 is 0 Å². The number of hydrogen-bond acceptors (Lipinski definition) is 5. The molecule has 1 fully saturated rings. The third-order valence-corrected chi connectivity index (χ3v) is 3.56. The van der Waals surface area contributed by atoms with Crippen LogP contribution in [0.1, 0.15) is 19.8 Å². The predicted molar refractivity (Wildman–Crippen MR) is 79.7 cm³/mol. The molecule has 0 radical (unpaired) electrons. The second-order valence-electron chi connectivity index (χ2n) is 5.47. The highest BCUT2D eigenvalue weighted by molar-refractivity contribution is 5.40. The molecule has 106 valence electrons. The quantitative estimate of drug-likeness (QED) is 0.846. The van der Waals surface area contributed by atoms with Crippen LogP contribution in [-0.2, 0) is 0 Å². The van der Waals surface area contributed by atoms with Gasteiger partial charge in [0.1, 0.15) is 5.82 Å². The molecule has 5 nitrogen and oxygen atoms in total. The zero-order valence-corrected chi connectivity index (χ0v) is 12.3. The molecule has 0 spiro atoms. The number of anilines is 2. The first-order chi connectivity index (χ1) is 9.19. The summed E-state index contributed by atoms with van der Waals surface area (Å²) in [5.41, 5.74) is 0. The van der Waals surface area contributed by atoms with Crippen molar-refractivity contribution in [3.63, 3.8) is 0 Å². The molecule has 1 N–H and O–H groups in total. The van der Waals surface area contributed by atoms with Gasteiger partial charge in [-0.25, -0.2) is 4.98 Å². The van der Waals surface area contributed by atoms with Crippen LogP contribution in [0.15, 0.2) is 12.3 Å². The first kappa shape index (κ1) is 14.1. The van der Waals surface area contributed by atoms with Crippen molar-refractivity contribution < 1.29 is 0 Å². The highest BCUT2D eigenvalue weighted by atomic mass is 15.2. The Balaban J connectivity index is 1.81. The maximum absolute atomic E-state index is 4.48. The number of rotatable bonds is 6. The van der Waals surface area contributed by atoms with Crippen LogP contribution in [0.4, 0.5) is 11.8 Å². The number of likely N-dealkylation sites (tertiary alicyclic amines) is 1. The summed E-state index contributed by atoms with van der Waals surface area (Å²) >= 11 is 0. The van der Waals surface area contributed by atoms with Crippen LogP contribution in [0.5, 0.6) is 0 Å². The van der Waals surface area contributed by atoms with Crippen molar-refractivity contribution in [2.75, 3.05) is 50.5 Å². The molecule has 1 aromatic rings. The van der Waals surface area contributed by atoms with Crippen LogP contribution in [0.25, 0.3) is 0 Å². The lowest BCUT2D eigenvalue weighted by Gasteiger charge is -2.16. The third-order valence-electron chi connectivity index (χ3n) is 3.56. The van der Waals surface area contributed by atoms with Crippen molar-refractivity contribution in [1.82, 2.24) is 14.9 Å². The fourth-order valence-corrected chi connectivity index (χ4v) is 2.52. The summed E-state index contributed by atoms with van der Waals surface area (Å²) in [4.78, 5) is 13.3. The minimum Gasteiger partial charge on any atom is -0.363 e. The van der Waals surface area contributed by atoms with Crippen molar-refractivity contribution in [2.45, 2.75) is 19.8 Å². The maximum Gasteiger partial charge on any atom is 0.224 e. The molecular formula is C14H25N5. The Bertz CT molecular complexity index is 393. The molecule has 0 bridgehead atoms. The molecular weight excluding hydrogens is 238 g/mol. The lowest BCUT2D eigenvalue weighted by Crippen LogP contribution is -2.24. The van der Waals surface area contributed by atoms with Crippen LogP contribution in [0.3, 0.4) is 0 Å². The number of aromatic nitrogens is 2. The Morgan fingerprint density at radius 2 is 2.32 bits per heavy atom. The smallest absolute Gasteiger partial charge is 0.224 e. The van der Waals surface area contributed by atoms with Gasteiger partial charge in [-0.1, -0.05) is 6.92 Å². The van der Waals surface area contributed by atoms with Gasteiger partial charge in [-0.15, -0.1) is 0 Å². The predicted octanol–water partition coefficient (Wildman–Crippen LogP) is 1.69. The van der Waals surface area contributed by atoms with E-state index in [1.165, 1.54) is 32.5 Å². The second-order valence-corrected chi connectivity index (χ2v) is 5.47. The first-order valence-electron chi connectivity index (χ1n) is 7.15. The Morgan fingerprint density at radius 1 is 1.47 bits per heavy atom. The summed E-state index contributed by atoms with van der Waals surface area (Å²) in [7, 11) is 3.98. The molecule has 1 aliphatic rings. The first-order valence-corrected chi connectivity index (χ1v) is 7.15. The number of nitrogens with one attached hydrogen (secondary N) is 1. The van der Waals surface area contributed by atoms with E-state index in [0.717, 1.165) is 24.2 Å². The summed E-state index contributed by atoms with van der Waals surface area (Å²) in [6.07, 6.45) is 4.33. The SMILES string of the molecule is CCCN1CC[C@@H](CNc2nccc(N(C)C)n2)C1. The standard InChI is InChI=1S/C14H25N5/c1-4-8-19-9-6-12(11-19)10-16-14-15-7-5-13(17-14)18(2)3/h5,7,12H,4,6,8-11H2,1-3H3,(H,15,16,17)/t12-/m0/s1. The van der Waals surface area contributed by atoms with E-state index in [9.17, 15) is 0 Å².